The lowest BCUT2D eigenvalue weighted by atomic mass is 9.93. The minimum absolute atomic E-state index is 0.0622. The van der Waals surface area contributed by atoms with E-state index in [0.717, 1.165) is 40.0 Å². The first-order valence-electron chi connectivity index (χ1n) is 8.38. The summed E-state index contributed by atoms with van der Waals surface area (Å²) in [5.74, 6) is 1.72. The van der Waals surface area contributed by atoms with E-state index in [2.05, 4.69) is 26.0 Å². The number of ether oxygens (including phenoxy) is 1. The molecule has 0 fully saturated rings. The van der Waals surface area contributed by atoms with Crippen LogP contribution in [0.2, 0.25) is 0 Å². The SMILES string of the molecule is Cc1cc2c(c(-c3ccccc3)c1OCC(C)C)CC(C)C2=O. The Labute approximate surface area is 138 Å². The molecule has 120 valence electrons. The Bertz CT molecular complexity index is 729. The summed E-state index contributed by atoms with van der Waals surface area (Å²) in [4.78, 5) is 12.5. The third-order valence-corrected chi connectivity index (χ3v) is 4.42. The van der Waals surface area contributed by atoms with Gasteiger partial charge in [0.05, 0.1) is 6.61 Å². The Morgan fingerprint density at radius 2 is 1.91 bits per heavy atom. The van der Waals surface area contributed by atoms with E-state index in [1.807, 2.05) is 38.1 Å². The van der Waals surface area contributed by atoms with Crippen LogP contribution in [0, 0.1) is 18.8 Å². The number of Topliss-reactive ketones (excluding diaryl/α,β-unsaturated/α-hetero) is 1. The van der Waals surface area contributed by atoms with E-state index in [9.17, 15) is 4.79 Å². The number of rotatable bonds is 4. The second-order valence-corrected chi connectivity index (χ2v) is 6.96. The van der Waals surface area contributed by atoms with Crippen LogP contribution in [-0.2, 0) is 6.42 Å². The molecule has 2 heteroatoms. The van der Waals surface area contributed by atoms with Crippen molar-refractivity contribution in [2.24, 2.45) is 11.8 Å². The van der Waals surface area contributed by atoms with E-state index < -0.39 is 0 Å². The van der Waals surface area contributed by atoms with E-state index in [1.54, 1.807) is 0 Å². The van der Waals surface area contributed by atoms with E-state index >= 15 is 0 Å². The van der Waals surface area contributed by atoms with E-state index in [4.69, 9.17) is 4.74 Å². The van der Waals surface area contributed by atoms with Crippen LogP contribution in [0.5, 0.6) is 5.75 Å². The summed E-state index contributed by atoms with van der Waals surface area (Å²) in [5.41, 5.74) is 5.32. The van der Waals surface area contributed by atoms with Gasteiger partial charge in [0.25, 0.3) is 0 Å². The fourth-order valence-electron chi connectivity index (χ4n) is 3.28. The molecule has 1 atom stereocenters. The van der Waals surface area contributed by atoms with E-state index in [0.29, 0.717) is 12.5 Å². The second-order valence-electron chi connectivity index (χ2n) is 6.96. The topological polar surface area (TPSA) is 26.3 Å². The average Bonchev–Trinajstić information content (AvgIpc) is 2.80. The minimum Gasteiger partial charge on any atom is -0.492 e. The van der Waals surface area contributed by atoms with Gasteiger partial charge in [-0.2, -0.15) is 0 Å². The maximum absolute atomic E-state index is 12.5. The molecule has 1 aliphatic carbocycles. The van der Waals surface area contributed by atoms with Crippen molar-refractivity contribution in [2.75, 3.05) is 6.61 Å². The average molecular weight is 308 g/mol. The fourth-order valence-corrected chi connectivity index (χ4v) is 3.28. The van der Waals surface area contributed by atoms with Crippen molar-refractivity contribution >= 4 is 5.78 Å². The predicted molar refractivity (Wildman–Crippen MR) is 94.1 cm³/mol. The lowest BCUT2D eigenvalue weighted by Gasteiger charge is -2.19. The van der Waals surface area contributed by atoms with Crippen LogP contribution in [0.3, 0.4) is 0 Å². The number of ketones is 1. The molecule has 0 amide bonds. The molecule has 2 nitrogen and oxygen atoms in total. The van der Waals surface area contributed by atoms with Crippen LogP contribution < -0.4 is 4.74 Å². The number of hydrogen-bond donors (Lipinski definition) is 0. The van der Waals surface area contributed by atoms with Crippen LogP contribution in [0.4, 0.5) is 0 Å². The highest BCUT2D eigenvalue weighted by atomic mass is 16.5. The van der Waals surface area contributed by atoms with Crippen LogP contribution in [-0.4, -0.2) is 12.4 Å². The predicted octanol–water partition coefficient (Wildman–Crippen LogP) is 5.07. The Balaban J connectivity index is 2.20. The molecule has 2 aromatic carbocycles. The van der Waals surface area contributed by atoms with Crippen molar-refractivity contribution in [3.8, 4) is 16.9 Å². The molecule has 0 spiro atoms. The summed E-state index contributed by atoms with van der Waals surface area (Å²) in [6, 6.07) is 12.3. The third-order valence-electron chi connectivity index (χ3n) is 4.42. The molecule has 0 bridgehead atoms. The fraction of sp³-hybridized carbons (Fsp3) is 0.381. The first-order chi connectivity index (χ1) is 11.0. The molecule has 0 heterocycles. The monoisotopic (exact) mass is 308 g/mol. The van der Waals surface area contributed by atoms with Crippen LogP contribution >= 0.6 is 0 Å². The largest absolute Gasteiger partial charge is 0.492 e. The van der Waals surface area contributed by atoms with Gasteiger partial charge in [-0.1, -0.05) is 51.1 Å². The molecule has 23 heavy (non-hydrogen) atoms. The number of benzene rings is 2. The molecule has 0 saturated carbocycles. The van der Waals surface area contributed by atoms with Gasteiger partial charge in [0.1, 0.15) is 5.75 Å². The summed E-state index contributed by atoms with van der Waals surface area (Å²) in [7, 11) is 0. The van der Waals surface area contributed by atoms with Gasteiger partial charge in [-0.3, -0.25) is 4.79 Å². The molecule has 0 N–H and O–H groups in total. The molecule has 1 unspecified atom stereocenters. The number of hydrogen-bond acceptors (Lipinski definition) is 2. The van der Waals surface area contributed by atoms with Crippen LogP contribution in [0.15, 0.2) is 36.4 Å². The summed E-state index contributed by atoms with van der Waals surface area (Å²) in [5, 5.41) is 0. The molecular formula is C21H24O2. The molecule has 1 aliphatic rings. The van der Waals surface area contributed by atoms with Crippen molar-refractivity contribution in [1.82, 2.24) is 0 Å². The van der Waals surface area contributed by atoms with Gasteiger partial charge in [0.2, 0.25) is 0 Å². The number of carbonyl (C=O) groups excluding carboxylic acids is 1. The zero-order valence-corrected chi connectivity index (χ0v) is 14.3. The second kappa shape index (κ2) is 6.19. The van der Waals surface area contributed by atoms with Crippen molar-refractivity contribution in [2.45, 2.75) is 34.1 Å². The standard InChI is InChI=1S/C21H24O2/c1-13(2)12-23-21-15(4)11-18-17(10-14(3)20(18)22)19(21)16-8-6-5-7-9-16/h5-9,11,13-14H,10,12H2,1-4H3. The van der Waals surface area contributed by atoms with Crippen LogP contribution in [0.1, 0.15) is 42.3 Å². The first kappa shape index (κ1) is 15.8. The van der Waals surface area contributed by atoms with Gasteiger partial charge < -0.3 is 4.74 Å². The summed E-state index contributed by atoms with van der Waals surface area (Å²) in [6.45, 7) is 9.04. The Hall–Kier alpha value is -2.09. The number of fused-ring (bicyclic) bond motifs is 1. The third kappa shape index (κ3) is 2.90. The number of carbonyl (C=O) groups is 1. The van der Waals surface area contributed by atoms with E-state index in [1.165, 1.54) is 0 Å². The molecular weight excluding hydrogens is 284 g/mol. The first-order valence-corrected chi connectivity index (χ1v) is 8.38. The molecule has 2 aromatic rings. The van der Waals surface area contributed by atoms with Gasteiger partial charge in [-0.15, -0.1) is 0 Å². The summed E-state index contributed by atoms with van der Waals surface area (Å²) < 4.78 is 6.17. The normalized spacial score (nSPS) is 16.7. The molecule has 0 aliphatic heterocycles. The lowest BCUT2D eigenvalue weighted by molar-refractivity contribution is 0.0946. The maximum Gasteiger partial charge on any atom is 0.166 e. The highest BCUT2D eigenvalue weighted by Gasteiger charge is 2.32. The highest BCUT2D eigenvalue weighted by molar-refractivity contribution is 6.05. The summed E-state index contributed by atoms with van der Waals surface area (Å²) in [6.07, 6.45) is 0.802. The highest BCUT2D eigenvalue weighted by Crippen LogP contribution is 2.43. The molecule has 0 saturated heterocycles. The van der Waals surface area contributed by atoms with Gasteiger partial charge in [-0.25, -0.2) is 0 Å². The van der Waals surface area contributed by atoms with Gasteiger partial charge >= 0.3 is 0 Å². The van der Waals surface area contributed by atoms with Crippen molar-refractivity contribution in [3.63, 3.8) is 0 Å². The zero-order chi connectivity index (χ0) is 16.6. The Morgan fingerprint density at radius 3 is 2.57 bits per heavy atom. The van der Waals surface area contributed by atoms with Crippen molar-refractivity contribution in [3.05, 3.63) is 53.1 Å². The van der Waals surface area contributed by atoms with Gasteiger partial charge in [0.15, 0.2) is 5.78 Å². The van der Waals surface area contributed by atoms with Gasteiger partial charge in [0, 0.05) is 17.0 Å². The molecule has 0 radical (unpaired) electrons. The zero-order valence-electron chi connectivity index (χ0n) is 14.3. The van der Waals surface area contributed by atoms with Gasteiger partial charge in [-0.05, 0) is 42.0 Å². The quantitative estimate of drug-likeness (QED) is 0.788. The van der Waals surface area contributed by atoms with Crippen molar-refractivity contribution < 1.29 is 9.53 Å². The summed E-state index contributed by atoms with van der Waals surface area (Å²) >= 11 is 0. The molecule has 3 rings (SSSR count). The maximum atomic E-state index is 12.5. The van der Waals surface area contributed by atoms with Crippen LogP contribution in [0.25, 0.3) is 11.1 Å². The van der Waals surface area contributed by atoms with Crippen molar-refractivity contribution in [1.29, 1.82) is 0 Å². The van der Waals surface area contributed by atoms with E-state index in [-0.39, 0.29) is 11.7 Å². The lowest BCUT2D eigenvalue weighted by Crippen LogP contribution is -2.08. The minimum atomic E-state index is 0.0622. The Kier molecular flexibility index (Phi) is 4.25. The molecule has 0 aromatic heterocycles. The number of aryl methyl sites for hydroxylation is 1. The Morgan fingerprint density at radius 1 is 1.22 bits per heavy atom. The smallest absolute Gasteiger partial charge is 0.166 e.